The molecule has 1 N–H and O–H groups in total. The largest absolute Gasteiger partial charge is 0.497 e. The van der Waals surface area contributed by atoms with Crippen LogP contribution in [-0.4, -0.2) is 33.1 Å². The fourth-order valence-electron chi connectivity index (χ4n) is 4.04. The van der Waals surface area contributed by atoms with Gasteiger partial charge in [0.2, 0.25) is 0 Å². The van der Waals surface area contributed by atoms with E-state index >= 15 is 0 Å². The Hall–Kier alpha value is -4.00. The Kier molecular flexibility index (Phi) is 4.71. The van der Waals surface area contributed by atoms with E-state index in [1.165, 1.54) is 12.1 Å². The monoisotopic (exact) mass is 414 g/mol. The lowest BCUT2D eigenvalue weighted by atomic mass is 9.96. The summed E-state index contributed by atoms with van der Waals surface area (Å²) in [5, 5.41) is 7.35. The number of carbonyl (C=O) groups excluding carboxylic acids is 1. The van der Waals surface area contributed by atoms with E-state index < -0.39 is 6.04 Å². The number of methoxy groups -OCH3 is 1. The van der Waals surface area contributed by atoms with Gasteiger partial charge in [-0.05, 0) is 53.6 Å². The van der Waals surface area contributed by atoms with Crippen molar-refractivity contribution in [2.24, 2.45) is 0 Å². The number of fused-ring (bicyclic) bond motifs is 1. The molecule has 7 heteroatoms. The fourth-order valence-corrected chi connectivity index (χ4v) is 4.04. The molecule has 2 aromatic heterocycles. The number of ether oxygens (including phenoxy) is 1. The average Bonchev–Trinajstić information content (AvgIpc) is 3.34. The summed E-state index contributed by atoms with van der Waals surface area (Å²) in [5.41, 5.74) is 4.24. The van der Waals surface area contributed by atoms with Crippen molar-refractivity contribution in [3.05, 3.63) is 101 Å². The highest BCUT2D eigenvalue weighted by atomic mass is 19.1. The third kappa shape index (κ3) is 3.34. The lowest BCUT2D eigenvalue weighted by molar-refractivity contribution is 0.0729. The van der Waals surface area contributed by atoms with Gasteiger partial charge in [0, 0.05) is 30.1 Å². The quantitative estimate of drug-likeness (QED) is 0.527. The number of aromatic nitrogens is 3. The van der Waals surface area contributed by atoms with Crippen LogP contribution < -0.4 is 4.74 Å². The lowest BCUT2D eigenvalue weighted by Gasteiger charge is -2.26. The highest BCUT2D eigenvalue weighted by molar-refractivity contribution is 6.00. The SMILES string of the molecule is COc1ccc(-c2n[nH]c3c2C(c2cccc(F)c2)N(Cc2cccnc2)C3=O)cc1. The Labute approximate surface area is 178 Å². The van der Waals surface area contributed by atoms with Crippen LogP contribution in [0.1, 0.15) is 33.2 Å². The van der Waals surface area contributed by atoms with Crippen molar-refractivity contribution in [2.75, 3.05) is 7.11 Å². The fraction of sp³-hybridized carbons (Fsp3) is 0.125. The molecule has 154 valence electrons. The van der Waals surface area contributed by atoms with Crippen LogP contribution in [0.25, 0.3) is 11.3 Å². The molecule has 1 amide bonds. The van der Waals surface area contributed by atoms with E-state index in [4.69, 9.17) is 4.74 Å². The Morgan fingerprint density at radius 2 is 1.97 bits per heavy atom. The summed E-state index contributed by atoms with van der Waals surface area (Å²) < 4.78 is 19.4. The molecule has 2 aromatic carbocycles. The smallest absolute Gasteiger partial charge is 0.273 e. The Bertz CT molecular complexity index is 1240. The Morgan fingerprint density at radius 3 is 2.68 bits per heavy atom. The summed E-state index contributed by atoms with van der Waals surface area (Å²) in [6.07, 6.45) is 3.42. The molecule has 0 aliphatic carbocycles. The van der Waals surface area contributed by atoms with Gasteiger partial charge in [-0.2, -0.15) is 5.10 Å². The van der Waals surface area contributed by atoms with Crippen LogP contribution in [0.3, 0.4) is 0 Å². The highest BCUT2D eigenvalue weighted by Crippen LogP contribution is 2.43. The molecule has 0 radical (unpaired) electrons. The van der Waals surface area contributed by atoms with Crippen molar-refractivity contribution in [2.45, 2.75) is 12.6 Å². The number of pyridine rings is 1. The molecule has 0 saturated heterocycles. The number of halogens is 1. The molecule has 3 heterocycles. The molecule has 0 spiro atoms. The number of nitrogens with zero attached hydrogens (tertiary/aromatic N) is 3. The molecule has 0 fully saturated rings. The first kappa shape index (κ1) is 19.0. The van der Waals surface area contributed by atoms with Crippen LogP contribution in [0.5, 0.6) is 5.75 Å². The van der Waals surface area contributed by atoms with Gasteiger partial charge in [-0.25, -0.2) is 4.39 Å². The molecule has 1 atom stereocenters. The van der Waals surface area contributed by atoms with Gasteiger partial charge in [0.15, 0.2) is 0 Å². The molecule has 4 aromatic rings. The number of aromatic amines is 1. The Balaban J connectivity index is 1.64. The average molecular weight is 414 g/mol. The van der Waals surface area contributed by atoms with E-state index in [0.29, 0.717) is 23.5 Å². The van der Waals surface area contributed by atoms with Gasteiger partial charge < -0.3 is 9.64 Å². The summed E-state index contributed by atoms with van der Waals surface area (Å²) >= 11 is 0. The third-order valence-electron chi connectivity index (χ3n) is 5.47. The maximum Gasteiger partial charge on any atom is 0.273 e. The van der Waals surface area contributed by atoms with E-state index in [1.807, 2.05) is 42.5 Å². The molecule has 0 saturated carbocycles. The highest BCUT2D eigenvalue weighted by Gasteiger charge is 2.42. The van der Waals surface area contributed by atoms with Gasteiger partial charge in [-0.3, -0.25) is 14.9 Å². The second kappa shape index (κ2) is 7.68. The van der Waals surface area contributed by atoms with Crippen molar-refractivity contribution in [1.29, 1.82) is 0 Å². The Morgan fingerprint density at radius 1 is 1.13 bits per heavy atom. The number of hydrogen-bond donors (Lipinski definition) is 1. The van der Waals surface area contributed by atoms with Gasteiger partial charge in [-0.1, -0.05) is 18.2 Å². The third-order valence-corrected chi connectivity index (χ3v) is 5.47. The lowest BCUT2D eigenvalue weighted by Crippen LogP contribution is -2.29. The predicted octanol–water partition coefficient (Wildman–Crippen LogP) is 4.36. The molecule has 1 unspecified atom stereocenters. The first-order chi connectivity index (χ1) is 15.2. The normalized spacial score (nSPS) is 15.2. The van der Waals surface area contributed by atoms with Crippen molar-refractivity contribution in [3.63, 3.8) is 0 Å². The number of rotatable bonds is 5. The summed E-state index contributed by atoms with van der Waals surface area (Å²) in [6.45, 7) is 0.346. The predicted molar refractivity (Wildman–Crippen MR) is 113 cm³/mol. The van der Waals surface area contributed by atoms with Crippen LogP contribution in [0.15, 0.2) is 73.1 Å². The van der Waals surface area contributed by atoms with E-state index in [1.54, 1.807) is 30.5 Å². The van der Waals surface area contributed by atoms with Crippen molar-refractivity contribution in [3.8, 4) is 17.0 Å². The van der Waals surface area contributed by atoms with Gasteiger partial charge in [-0.15, -0.1) is 0 Å². The maximum atomic E-state index is 14.1. The first-order valence-electron chi connectivity index (χ1n) is 9.83. The van der Waals surface area contributed by atoms with Crippen molar-refractivity contribution >= 4 is 5.91 Å². The van der Waals surface area contributed by atoms with Gasteiger partial charge in [0.25, 0.3) is 5.91 Å². The minimum atomic E-state index is -0.478. The van der Waals surface area contributed by atoms with E-state index in [2.05, 4.69) is 15.2 Å². The van der Waals surface area contributed by atoms with E-state index in [9.17, 15) is 9.18 Å². The summed E-state index contributed by atoms with van der Waals surface area (Å²) in [7, 11) is 1.61. The molecular formula is C24H19FN4O2. The zero-order valence-electron chi connectivity index (χ0n) is 16.7. The molecule has 0 bridgehead atoms. The van der Waals surface area contributed by atoms with Crippen LogP contribution in [-0.2, 0) is 6.54 Å². The number of benzene rings is 2. The molecule has 31 heavy (non-hydrogen) atoms. The first-order valence-corrected chi connectivity index (χ1v) is 9.83. The van der Waals surface area contributed by atoms with Gasteiger partial charge in [0.1, 0.15) is 17.3 Å². The van der Waals surface area contributed by atoms with Crippen LogP contribution >= 0.6 is 0 Å². The molecule has 1 aliphatic heterocycles. The second-order valence-electron chi connectivity index (χ2n) is 7.34. The van der Waals surface area contributed by atoms with Crippen LogP contribution in [0.2, 0.25) is 0 Å². The minimum Gasteiger partial charge on any atom is -0.497 e. The van der Waals surface area contributed by atoms with Gasteiger partial charge in [0.05, 0.1) is 18.8 Å². The summed E-state index contributed by atoms with van der Waals surface area (Å²) in [5.74, 6) is 0.196. The summed E-state index contributed by atoms with van der Waals surface area (Å²) in [6, 6.07) is 17.1. The number of hydrogen-bond acceptors (Lipinski definition) is 4. The standard InChI is InChI=1S/C24H19FN4O2/c1-31-19-9-7-16(8-10-19)21-20-22(28-27-21)24(30)29(14-15-4-3-11-26-13-15)23(20)17-5-2-6-18(25)12-17/h2-13,23H,14H2,1H3,(H,27,28). The second-order valence-corrected chi connectivity index (χ2v) is 7.34. The topological polar surface area (TPSA) is 71.1 Å². The van der Waals surface area contributed by atoms with E-state index in [-0.39, 0.29) is 11.7 Å². The zero-order valence-corrected chi connectivity index (χ0v) is 16.7. The maximum absolute atomic E-state index is 14.1. The van der Waals surface area contributed by atoms with Crippen molar-refractivity contribution in [1.82, 2.24) is 20.1 Å². The van der Waals surface area contributed by atoms with Crippen LogP contribution in [0, 0.1) is 5.82 Å². The molecule has 6 nitrogen and oxygen atoms in total. The molecule has 1 aliphatic rings. The van der Waals surface area contributed by atoms with Crippen molar-refractivity contribution < 1.29 is 13.9 Å². The number of nitrogens with one attached hydrogen (secondary N) is 1. The number of amides is 1. The molecule has 5 rings (SSSR count). The zero-order chi connectivity index (χ0) is 21.4. The number of carbonyl (C=O) groups is 1. The minimum absolute atomic E-state index is 0.180. The van der Waals surface area contributed by atoms with Crippen LogP contribution in [0.4, 0.5) is 4.39 Å². The number of H-pyrrole nitrogens is 1. The molecular weight excluding hydrogens is 395 g/mol. The van der Waals surface area contributed by atoms with Gasteiger partial charge >= 0.3 is 0 Å². The van der Waals surface area contributed by atoms with E-state index in [0.717, 1.165) is 22.4 Å². The summed E-state index contributed by atoms with van der Waals surface area (Å²) in [4.78, 5) is 19.2.